The van der Waals surface area contributed by atoms with Crippen LogP contribution in [0.3, 0.4) is 0 Å². The number of likely N-dealkylation sites (N-methyl/N-ethyl adjacent to an activating group) is 1. The lowest BCUT2D eigenvalue weighted by Crippen LogP contribution is -2.18. The van der Waals surface area contributed by atoms with E-state index < -0.39 is 0 Å². The molecular weight excluding hydrogens is 231 g/mol. The molecule has 4 nitrogen and oxygen atoms in total. The van der Waals surface area contributed by atoms with Gasteiger partial charge in [0.2, 0.25) is 0 Å². The Morgan fingerprint density at radius 2 is 1.89 bits per heavy atom. The van der Waals surface area contributed by atoms with Crippen molar-refractivity contribution in [3.8, 4) is 11.3 Å². The van der Waals surface area contributed by atoms with E-state index in [-0.39, 0.29) is 5.82 Å². The van der Waals surface area contributed by atoms with E-state index in [4.69, 9.17) is 0 Å². The molecule has 0 fully saturated rings. The van der Waals surface area contributed by atoms with Crippen LogP contribution in [-0.2, 0) is 0 Å². The maximum atomic E-state index is 13.5. The highest BCUT2D eigenvalue weighted by Gasteiger charge is 2.05. The van der Waals surface area contributed by atoms with Crippen LogP contribution >= 0.6 is 0 Å². The number of benzene rings is 1. The molecule has 0 atom stereocenters. The highest BCUT2D eigenvalue weighted by atomic mass is 19.1. The molecule has 1 aromatic heterocycles. The lowest BCUT2D eigenvalue weighted by Gasteiger charge is -2.05. The van der Waals surface area contributed by atoms with Crippen molar-refractivity contribution in [3.05, 3.63) is 42.2 Å². The summed E-state index contributed by atoms with van der Waals surface area (Å²) < 4.78 is 13.5. The molecule has 0 amide bonds. The van der Waals surface area contributed by atoms with Crippen LogP contribution in [-0.4, -0.2) is 30.3 Å². The molecule has 1 heterocycles. The Morgan fingerprint density at radius 3 is 2.56 bits per heavy atom. The second-order valence-electron chi connectivity index (χ2n) is 3.81. The lowest BCUT2D eigenvalue weighted by molar-refractivity contribution is 0.630. The van der Waals surface area contributed by atoms with Crippen molar-refractivity contribution in [2.24, 2.45) is 0 Å². The first-order valence-electron chi connectivity index (χ1n) is 5.78. The molecule has 94 valence electrons. The smallest absolute Gasteiger partial charge is 0.148 e. The minimum Gasteiger partial charge on any atom is -0.367 e. The van der Waals surface area contributed by atoms with Crippen molar-refractivity contribution >= 4 is 5.82 Å². The topological polar surface area (TPSA) is 49.8 Å². The number of aromatic nitrogens is 2. The van der Waals surface area contributed by atoms with E-state index in [1.165, 1.54) is 6.07 Å². The monoisotopic (exact) mass is 246 g/mol. The minimum absolute atomic E-state index is 0.289. The second kappa shape index (κ2) is 6.07. The van der Waals surface area contributed by atoms with Crippen molar-refractivity contribution in [3.63, 3.8) is 0 Å². The minimum atomic E-state index is -0.289. The zero-order valence-electron chi connectivity index (χ0n) is 10.2. The molecule has 0 radical (unpaired) electrons. The molecule has 2 rings (SSSR count). The standard InChI is InChI=1S/C13H15FN4/c1-15-8-9-16-13-7-6-12(17-18-13)10-4-2-3-5-11(10)14/h2-7,15H,8-9H2,1H3,(H,16,18). The summed E-state index contributed by atoms with van der Waals surface area (Å²) in [5.41, 5.74) is 0.999. The molecule has 1 aromatic carbocycles. The van der Waals surface area contributed by atoms with Gasteiger partial charge in [-0.2, -0.15) is 0 Å². The summed E-state index contributed by atoms with van der Waals surface area (Å²) >= 11 is 0. The number of rotatable bonds is 5. The van der Waals surface area contributed by atoms with Crippen molar-refractivity contribution in [1.82, 2.24) is 15.5 Å². The Balaban J connectivity index is 2.10. The Hall–Kier alpha value is -2.01. The van der Waals surface area contributed by atoms with Crippen molar-refractivity contribution in [1.29, 1.82) is 0 Å². The number of anilines is 1. The summed E-state index contributed by atoms with van der Waals surface area (Å²) in [6.45, 7) is 1.61. The van der Waals surface area contributed by atoms with Crippen molar-refractivity contribution in [2.45, 2.75) is 0 Å². The van der Waals surface area contributed by atoms with Gasteiger partial charge in [0.1, 0.15) is 11.6 Å². The van der Waals surface area contributed by atoms with E-state index in [1.807, 2.05) is 7.05 Å². The molecule has 0 aliphatic heterocycles. The molecular formula is C13H15FN4. The second-order valence-corrected chi connectivity index (χ2v) is 3.81. The first-order valence-corrected chi connectivity index (χ1v) is 5.78. The van der Waals surface area contributed by atoms with Gasteiger partial charge >= 0.3 is 0 Å². The molecule has 0 spiro atoms. The summed E-state index contributed by atoms with van der Waals surface area (Å²) in [4.78, 5) is 0. The zero-order valence-corrected chi connectivity index (χ0v) is 10.2. The highest BCUT2D eigenvalue weighted by molar-refractivity contribution is 5.60. The Labute approximate surface area is 105 Å². The summed E-state index contributed by atoms with van der Waals surface area (Å²) in [6, 6.07) is 10.1. The predicted molar refractivity (Wildman–Crippen MR) is 69.8 cm³/mol. The van der Waals surface area contributed by atoms with Crippen LogP contribution in [0.5, 0.6) is 0 Å². The molecule has 5 heteroatoms. The quantitative estimate of drug-likeness (QED) is 0.791. The van der Waals surface area contributed by atoms with Gasteiger partial charge in [-0.05, 0) is 31.3 Å². The first kappa shape index (κ1) is 12.4. The van der Waals surface area contributed by atoms with E-state index in [0.29, 0.717) is 17.1 Å². The van der Waals surface area contributed by atoms with Gasteiger partial charge in [-0.25, -0.2) is 4.39 Å². The molecule has 0 aliphatic carbocycles. The van der Waals surface area contributed by atoms with Gasteiger partial charge < -0.3 is 10.6 Å². The van der Waals surface area contributed by atoms with Crippen LogP contribution in [0.15, 0.2) is 36.4 Å². The first-order chi connectivity index (χ1) is 8.81. The third kappa shape index (κ3) is 3.01. The van der Waals surface area contributed by atoms with Gasteiger partial charge in [0.25, 0.3) is 0 Å². The summed E-state index contributed by atoms with van der Waals surface area (Å²) in [5.74, 6) is 0.396. The van der Waals surface area contributed by atoms with E-state index in [9.17, 15) is 4.39 Å². The van der Waals surface area contributed by atoms with Crippen LogP contribution in [0.4, 0.5) is 10.2 Å². The molecule has 0 saturated carbocycles. The number of hydrogen-bond acceptors (Lipinski definition) is 4. The largest absolute Gasteiger partial charge is 0.367 e. The van der Waals surface area contributed by atoms with E-state index in [1.54, 1.807) is 30.3 Å². The van der Waals surface area contributed by atoms with Gasteiger partial charge in [-0.15, -0.1) is 10.2 Å². The fourth-order valence-electron chi connectivity index (χ4n) is 1.55. The zero-order chi connectivity index (χ0) is 12.8. The third-order valence-corrected chi connectivity index (χ3v) is 2.50. The Morgan fingerprint density at radius 1 is 1.06 bits per heavy atom. The predicted octanol–water partition coefficient (Wildman–Crippen LogP) is 1.91. The van der Waals surface area contributed by atoms with Crippen LogP contribution < -0.4 is 10.6 Å². The molecule has 0 bridgehead atoms. The summed E-state index contributed by atoms with van der Waals surface area (Å²) in [6.07, 6.45) is 0. The number of hydrogen-bond donors (Lipinski definition) is 2. The Bertz CT molecular complexity index is 499. The normalized spacial score (nSPS) is 10.3. The maximum Gasteiger partial charge on any atom is 0.148 e. The molecule has 0 saturated heterocycles. The van der Waals surface area contributed by atoms with Gasteiger partial charge in [0.15, 0.2) is 0 Å². The highest BCUT2D eigenvalue weighted by Crippen LogP contribution is 2.20. The fraction of sp³-hybridized carbons (Fsp3) is 0.231. The Kier molecular flexibility index (Phi) is 4.20. The van der Waals surface area contributed by atoms with E-state index in [0.717, 1.165) is 13.1 Å². The SMILES string of the molecule is CNCCNc1ccc(-c2ccccc2F)nn1. The third-order valence-electron chi connectivity index (χ3n) is 2.50. The molecule has 18 heavy (non-hydrogen) atoms. The van der Waals surface area contributed by atoms with Crippen LogP contribution in [0, 0.1) is 5.82 Å². The van der Waals surface area contributed by atoms with E-state index in [2.05, 4.69) is 20.8 Å². The van der Waals surface area contributed by atoms with Gasteiger partial charge in [-0.1, -0.05) is 12.1 Å². The van der Waals surface area contributed by atoms with Crippen LogP contribution in [0.25, 0.3) is 11.3 Å². The van der Waals surface area contributed by atoms with Gasteiger partial charge in [0, 0.05) is 18.7 Å². The van der Waals surface area contributed by atoms with Gasteiger partial charge in [-0.3, -0.25) is 0 Å². The van der Waals surface area contributed by atoms with Gasteiger partial charge in [0.05, 0.1) is 5.69 Å². The number of halogens is 1. The molecule has 0 aliphatic rings. The fourth-order valence-corrected chi connectivity index (χ4v) is 1.55. The molecule has 2 N–H and O–H groups in total. The van der Waals surface area contributed by atoms with Crippen molar-refractivity contribution in [2.75, 3.05) is 25.5 Å². The van der Waals surface area contributed by atoms with E-state index >= 15 is 0 Å². The number of nitrogens with one attached hydrogen (secondary N) is 2. The van der Waals surface area contributed by atoms with Crippen molar-refractivity contribution < 1.29 is 4.39 Å². The average Bonchev–Trinajstić information content (AvgIpc) is 2.41. The average molecular weight is 246 g/mol. The maximum absolute atomic E-state index is 13.5. The summed E-state index contributed by atoms with van der Waals surface area (Å²) in [5, 5.41) is 14.2. The lowest BCUT2D eigenvalue weighted by atomic mass is 10.1. The number of nitrogens with zero attached hydrogens (tertiary/aromatic N) is 2. The van der Waals surface area contributed by atoms with Crippen LogP contribution in [0.1, 0.15) is 0 Å². The van der Waals surface area contributed by atoms with Crippen LogP contribution in [0.2, 0.25) is 0 Å². The molecule has 0 unspecified atom stereocenters. The molecule has 2 aromatic rings. The summed E-state index contributed by atoms with van der Waals surface area (Å²) in [7, 11) is 1.88.